The van der Waals surface area contributed by atoms with Gasteiger partial charge in [-0.1, -0.05) is 152 Å². The highest BCUT2D eigenvalue weighted by molar-refractivity contribution is 6.08. The quantitative estimate of drug-likeness (QED) is 0.152. The van der Waals surface area contributed by atoms with Gasteiger partial charge in [-0.15, -0.1) is 0 Å². The Kier molecular flexibility index (Phi) is 8.49. The van der Waals surface area contributed by atoms with Crippen LogP contribution < -0.4 is 4.90 Å². The van der Waals surface area contributed by atoms with Crippen molar-refractivity contribution >= 4 is 60.4 Å². The summed E-state index contributed by atoms with van der Waals surface area (Å²) in [5, 5.41) is 7.55. The fourth-order valence-electron chi connectivity index (χ4n) is 8.44. The molecule has 9 aromatic carbocycles. The Hall–Kier alpha value is -7.88. The Morgan fingerprint density at radius 3 is 1.56 bits per heavy atom. The molecule has 59 heavy (non-hydrogen) atoms. The number of benzene rings is 9. The molecule has 276 valence electrons. The number of hydrogen-bond acceptors (Lipinski definition) is 3. The van der Waals surface area contributed by atoms with Crippen LogP contribution in [-0.4, -0.2) is 9.97 Å². The lowest BCUT2D eigenvalue weighted by atomic mass is 9.97. The zero-order chi connectivity index (χ0) is 39.1. The van der Waals surface area contributed by atoms with Crippen molar-refractivity contribution in [1.82, 2.24) is 9.97 Å². The normalized spacial score (nSPS) is 11.4. The number of pyridine rings is 2. The molecule has 0 bridgehead atoms. The van der Waals surface area contributed by atoms with E-state index in [0.717, 1.165) is 50.5 Å². The average molecular weight is 752 g/mol. The number of nitrogens with zero attached hydrogens (tertiary/aromatic N) is 3. The number of fused-ring (bicyclic) bond motifs is 5. The molecule has 0 spiro atoms. The summed E-state index contributed by atoms with van der Waals surface area (Å²) in [6.07, 6.45) is 1.84. The first kappa shape index (κ1) is 34.4. The molecule has 0 saturated heterocycles. The first-order valence-electron chi connectivity index (χ1n) is 20.0. The van der Waals surface area contributed by atoms with E-state index in [9.17, 15) is 0 Å². The second kappa shape index (κ2) is 14.6. The molecule has 0 aliphatic heterocycles. The molecule has 0 unspecified atom stereocenters. The van der Waals surface area contributed by atoms with E-state index in [4.69, 9.17) is 9.97 Å². The third-order valence-electron chi connectivity index (χ3n) is 11.5. The van der Waals surface area contributed by atoms with Crippen LogP contribution in [0.4, 0.5) is 17.1 Å². The lowest BCUT2D eigenvalue weighted by Crippen LogP contribution is -2.09. The van der Waals surface area contributed by atoms with Crippen LogP contribution in [0.1, 0.15) is 0 Å². The molecule has 0 atom stereocenters. The van der Waals surface area contributed by atoms with Gasteiger partial charge in [0.2, 0.25) is 0 Å². The van der Waals surface area contributed by atoms with Crippen LogP contribution in [0.15, 0.2) is 225 Å². The molecule has 0 aliphatic rings. The van der Waals surface area contributed by atoms with E-state index in [-0.39, 0.29) is 0 Å². The van der Waals surface area contributed by atoms with Crippen LogP contribution in [0, 0.1) is 0 Å². The van der Waals surface area contributed by atoms with Crippen molar-refractivity contribution in [2.45, 2.75) is 0 Å². The maximum absolute atomic E-state index is 5.08. The summed E-state index contributed by atoms with van der Waals surface area (Å²) in [5.41, 5.74) is 13.9. The van der Waals surface area contributed by atoms with Crippen molar-refractivity contribution in [3.63, 3.8) is 0 Å². The Balaban J connectivity index is 0.973. The Labute approximate surface area is 343 Å². The average Bonchev–Trinajstić information content (AvgIpc) is 3.32. The fraction of sp³-hybridized carbons (Fsp3) is 0. The molecule has 0 N–H and O–H groups in total. The molecule has 0 aliphatic carbocycles. The summed E-state index contributed by atoms with van der Waals surface area (Å²) in [6, 6.07) is 78.3. The molecule has 11 rings (SSSR count). The SMILES string of the molecule is c1ccc(-c2cc(-c3ccc(N(c4ccc(-c5ccc6ccccc6c5)cc4)c4ccc(-c5ccc6c(ccc7ccccc76)c5)cc4)cc3)nc3cccnc23)cc1. The van der Waals surface area contributed by atoms with Gasteiger partial charge in [-0.25, -0.2) is 4.98 Å². The van der Waals surface area contributed by atoms with Gasteiger partial charge in [-0.2, -0.15) is 0 Å². The third-order valence-corrected chi connectivity index (χ3v) is 11.5. The van der Waals surface area contributed by atoms with Crippen molar-refractivity contribution in [3.8, 4) is 44.6 Å². The van der Waals surface area contributed by atoms with Gasteiger partial charge in [0.05, 0.1) is 16.7 Å². The van der Waals surface area contributed by atoms with Crippen LogP contribution in [0.25, 0.3) is 88.0 Å². The van der Waals surface area contributed by atoms with Crippen LogP contribution in [-0.2, 0) is 0 Å². The van der Waals surface area contributed by atoms with Crippen molar-refractivity contribution in [1.29, 1.82) is 0 Å². The van der Waals surface area contributed by atoms with Gasteiger partial charge < -0.3 is 4.90 Å². The van der Waals surface area contributed by atoms with Gasteiger partial charge in [0.15, 0.2) is 0 Å². The molecule has 3 nitrogen and oxygen atoms in total. The van der Waals surface area contributed by atoms with Crippen LogP contribution in [0.3, 0.4) is 0 Å². The van der Waals surface area contributed by atoms with Crippen LogP contribution in [0.5, 0.6) is 0 Å². The first-order chi connectivity index (χ1) is 29.2. The Morgan fingerprint density at radius 1 is 0.322 bits per heavy atom. The molecule has 0 radical (unpaired) electrons. The smallest absolute Gasteiger partial charge is 0.0965 e. The summed E-state index contributed by atoms with van der Waals surface area (Å²) in [4.78, 5) is 12.1. The molecule has 3 heteroatoms. The second-order valence-corrected chi connectivity index (χ2v) is 15.1. The zero-order valence-electron chi connectivity index (χ0n) is 32.2. The van der Waals surface area contributed by atoms with E-state index in [1.54, 1.807) is 0 Å². The Morgan fingerprint density at radius 2 is 0.847 bits per heavy atom. The van der Waals surface area contributed by atoms with Gasteiger partial charge in [-0.05, 0) is 127 Å². The predicted molar refractivity (Wildman–Crippen MR) is 248 cm³/mol. The standard InChI is InChI=1S/C56H37N3/c1-2-10-41(11-3-1)53-37-55(58-54-15-8-34-57-56(53)54)43-24-31-50(32-25-43)59(48-27-20-39(21-28-48)45-18-16-38-9-4-5-13-44(38)35-45)49-29-22-40(23-30-49)46-26-33-52-47(36-46)19-17-42-12-6-7-14-51(42)52/h1-37H. The van der Waals surface area contributed by atoms with E-state index >= 15 is 0 Å². The number of rotatable bonds is 7. The molecule has 0 amide bonds. The number of hydrogen-bond donors (Lipinski definition) is 0. The van der Waals surface area contributed by atoms with Crippen molar-refractivity contribution < 1.29 is 0 Å². The van der Waals surface area contributed by atoms with Crippen molar-refractivity contribution in [2.75, 3.05) is 4.90 Å². The molecule has 2 aromatic heterocycles. The summed E-state index contributed by atoms with van der Waals surface area (Å²) in [6.45, 7) is 0. The minimum absolute atomic E-state index is 0.876. The van der Waals surface area contributed by atoms with Crippen molar-refractivity contribution in [3.05, 3.63) is 225 Å². The molecular formula is C56H37N3. The van der Waals surface area contributed by atoms with Gasteiger partial charge in [0, 0.05) is 34.4 Å². The topological polar surface area (TPSA) is 29.0 Å². The van der Waals surface area contributed by atoms with Crippen LogP contribution in [0.2, 0.25) is 0 Å². The minimum Gasteiger partial charge on any atom is -0.311 e. The zero-order valence-corrected chi connectivity index (χ0v) is 32.2. The van der Waals surface area contributed by atoms with E-state index in [2.05, 4.69) is 205 Å². The predicted octanol–water partition coefficient (Wildman–Crippen LogP) is 15.2. The fourth-order valence-corrected chi connectivity index (χ4v) is 8.44. The van der Waals surface area contributed by atoms with E-state index in [1.807, 2.05) is 24.4 Å². The molecule has 11 aromatic rings. The molecule has 2 heterocycles. The van der Waals surface area contributed by atoms with Gasteiger partial charge >= 0.3 is 0 Å². The largest absolute Gasteiger partial charge is 0.311 e. The van der Waals surface area contributed by atoms with Gasteiger partial charge in [0.1, 0.15) is 0 Å². The molecular weight excluding hydrogens is 715 g/mol. The maximum Gasteiger partial charge on any atom is 0.0965 e. The van der Waals surface area contributed by atoms with Crippen molar-refractivity contribution in [2.24, 2.45) is 0 Å². The summed E-state index contributed by atoms with van der Waals surface area (Å²) < 4.78 is 0. The molecule has 0 saturated carbocycles. The molecule has 0 fully saturated rings. The number of aromatic nitrogens is 2. The lowest BCUT2D eigenvalue weighted by molar-refractivity contribution is 1.28. The summed E-state index contributed by atoms with van der Waals surface area (Å²) >= 11 is 0. The van der Waals surface area contributed by atoms with Crippen LogP contribution >= 0.6 is 0 Å². The maximum atomic E-state index is 5.08. The highest BCUT2D eigenvalue weighted by Crippen LogP contribution is 2.39. The third kappa shape index (κ3) is 6.45. The summed E-state index contributed by atoms with van der Waals surface area (Å²) in [5.74, 6) is 0. The highest BCUT2D eigenvalue weighted by Gasteiger charge is 2.16. The summed E-state index contributed by atoms with van der Waals surface area (Å²) in [7, 11) is 0. The van der Waals surface area contributed by atoms with E-state index in [0.29, 0.717) is 0 Å². The monoisotopic (exact) mass is 751 g/mol. The Bertz CT molecular complexity index is 3300. The van der Waals surface area contributed by atoms with E-state index in [1.165, 1.54) is 54.6 Å². The highest BCUT2D eigenvalue weighted by atomic mass is 15.1. The first-order valence-corrected chi connectivity index (χ1v) is 20.0. The van der Waals surface area contributed by atoms with E-state index < -0.39 is 0 Å². The minimum atomic E-state index is 0.876. The second-order valence-electron chi connectivity index (χ2n) is 15.1. The van der Waals surface area contributed by atoms with Gasteiger partial charge in [0.25, 0.3) is 0 Å². The lowest BCUT2D eigenvalue weighted by Gasteiger charge is -2.26. The number of anilines is 3. The van der Waals surface area contributed by atoms with Gasteiger partial charge in [-0.3, -0.25) is 4.98 Å².